The Labute approximate surface area is 140 Å². The van der Waals surface area contributed by atoms with Crippen LogP contribution in [0.5, 0.6) is 0 Å². The molecular weight excluding hydrogens is 333 g/mol. The van der Waals surface area contributed by atoms with E-state index in [2.05, 4.69) is 10.3 Å². The number of halogens is 2. The molecule has 0 saturated heterocycles. The molecule has 0 aromatic carbocycles. The molecule has 0 bridgehead atoms. The van der Waals surface area contributed by atoms with E-state index in [-0.39, 0.29) is 37.1 Å². The maximum atomic E-state index is 11.9. The molecule has 2 rings (SSSR count). The van der Waals surface area contributed by atoms with Crippen molar-refractivity contribution < 1.29 is 9.21 Å². The summed E-state index contributed by atoms with van der Waals surface area (Å²) in [6, 6.07) is 3.89. The fourth-order valence-electron chi connectivity index (χ4n) is 1.60. The van der Waals surface area contributed by atoms with Crippen LogP contribution in [-0.4, -0.2) is 43.0 Å². The highest BCUT2D eigenvalue weighted by Crippen LogP contribution is 2.23. The van der Waals surface area contributed by atoms with Gasteiger partial charge < -0.3 is 14.6 Å². The van der Waals surface area contributed by atoms with Gasteiger partial charge in [-0.25, -0.2) is 4.98 Å². The first-order valence-corrected chi connectivity index (χ1v) is 6.95. The van der Waals surface area contributed by atoms with Crippen LogP contribution in [0.15, 0.2) is 28.2 Å². The third-order valence-electron chi connectivity index (χ3n) is 2.74. The molecule has 2 aromatic heterocycles. The number of nitrogens with one attached hydrogen (secondary N) is 1. The van der Waals surface area contributed by atoms with Gasteiger partial charge in [0, 0.05) is 20.1 Å². The number of hydrogen-bond acceptors (Lipinski definition) is 5. The van der Waals surface area contributed by atoms with Crippen LogP contribution in [0.25, 0.3) is 10.8 Å². The monoisotopic (exact) mass is 351 g/mol. The Kier molecular flexibility index (Phi) is 9.28. The van der Waals surface area contributed by atoms with Gasteiger partial charge in [-0.3, -0.25) is 4.79 Å². The highest BCUT2D eigenvalue weighted by Gasteiger charge is 2.13. The molecule has 0 radical (unpaired) electrons. The highest BCUT2D eigenvalue weighted by atomic mass is 35.5. The molecule has 1 N–H and O–H groups in total. The van der Waals surface area contributed by atoms with Gasteiger partial charge in [-0.15, -0.1) is 36.2 Å². The van der Waals surface area contributed by atoms with Crippen LogP contribution in [0.3, 0.4) is 0 Å². The molecule has 2 aromatic rings. The second-order valence-corrected chi connectivity index (χ2v) is 5.16. The maximum absolute atomic E-state index is 11.9. The second-order valence-electron chi connectivity index (χ2n) is 4.22. The number of amides is 1. The third-order valence-corrected chi connectivity index (χ3v) is 3.60. The van der Waals surface area contributed by atoms with Crippen molar-refractivity contribution in [2.45, 2.75) is 6.42 Å². The van der Waals surface area contributed by atoms with Crippen LogP contribution in [-0.2, 0) is 11.2 Å². The van der Waals surface area contributed by atoms with Crippen LogP contribution in [0.4, 0.5) is 0 Å². The minimum Gasteiger partial charge on any atom is -0.444 e. The largest absolute Gasteiger partial charge is 0.444 e. The van der Waals surface area contributed by atoms with Gasteiger partial charge in [0.25, 0.3) is 0 Å². The lowest BCUT2D eigenvalue weighted by molar-refractivity contribution is -0.129. The predicted octanol–water partition coefficient (Wildman–Crippen LogP) is 2.47. The minimum absolute atomic E-state index is 0. The second kappa shape index (κ2) is 9.78. The molecule has 0 saturated carbocycles. The molecule has 0 aliphatic carbocycles. The molecule has 1 amide bonds. The van der Waals surface area contributed by atoms with E-state index in [4.69, 9.17) is 4.42 Å². The van der Waals surface area contributed by atoms with Crippen molar-refractivity contribution in [1.82, 2.24) is 15.2 Å². The molecule has 118 valence electrons. The van der Waals surface area contributed by atoms with E-state index in [0.717, 1.165) is 11.4 Å². The van der Waals surface area contributed by atoms with E-state index >= 15 is 0 Å². The predicted molar refractivity (Wildman–Crippen MR) is 89.6 cm³/mol. The van der Waals surface area contributed by atoms with E-state index in [9.17, 15) is 4.79 Å². The molecule has 0 fully saturated rings. The quantitative estimate of drug-likeness (QED) is 0.868. The number of thiophene rings is 1. The SMILES string of the molecule is CNCCN(C)C(=O)Cc1coc(-c2cccs2)n1.Cl.Cl. The number of hydrogen-bond donors (Lipinski definition) is 1. The summed E-state index contributed by atoms with van der Waals surface area (Å²) in [4.78, 5) is 18.9. The van der Waals surface area contributed by atoms with Gasteiger partial charge in [0.05, 0.1) is 17.0 Å². The molecule has 0 aliphatic rings. The lowest BCUT2D eigenvalue weighted by Crippen LogP contribution is -2.33. The van der Waals surface area contributed by atoms with Gasteiger partial charge >= 0.3 is 0 Å². The number of nitrogens with zero attached hydrogens (tertiary/aromatic N) is 2. The summed E-state index contributed by atoms with van der Waals surface area (Å²) in [6.45, 7) is 1.46. The Morgan fingerprint density at radius 1 is 1.48 bits per heavy atom. The van der Waals surface area contributed by atoms with Crippen molar-refractivity contribution in [3.8, 4) is 10.8 Å². The lowest BCUT2D eigenvalue weighted by Gasteiger charge is -2.15. The summed E-state index contributed by atoms with van der Waals surface area (Å²) >= 11 is 1.57. The van der Waals surface area contributed by atoms with E-state index in [1.54, 1.807) is 29.5 Å². The van der Waals surface area contributed by atoms with E-state index < -0.39 is 0 Å². The first-order valence-electron chi connectivity index (χ1n) is 6.07. The van der Waals surface area contributed by atoms with Crippen molar-refractivity contribution in [1.29, 1.82) is 0 Å². The smallest absolute Gasteiger partial charge is 0.236 e. The topological polar surface area (TPSA) is 58.4 Å². The van der Waals surface area contributed by atoms with Gasteiger partial charge in [0.1, 0.15) is 6.26 Å². The highest BCUT2D eigenvalue weighted by molar-refractivity contribution is 7.13. The van der Waals surface area contributed by atoms with E-state index in [1.807, 2.05) is 24.6 Å². The van der Waals surface area contributed by atoms with Crippen LogP contribution >= 0.6 is 36.2 Å². The number of rotatable bonds is 6. The Hall–Kier alpha value is -1.08. The summed E-state index contributed by atoms with van der Waals surface area (Å²) in [7, 11) is 3.66. The normalized spacial score (nSPS) is 9.62. The van der Waals surface area contributed by atoms with Crippen LogP contribution in [0.1, 0.15) is 5.69 Å². The summed E-state index contributed by atoms with van der Waals surface area (Å²) in [6.07, 6.45) is 1.83. The fraction of sp³-hybridized carbons (Fsp3) is 0.385. The first-order chi connectivity index (χ1) is 9.20. The van der Waals surface area contributed by atoms with E-state index in [1.165, 1.54) is 0 Å². The Morgan fingerprint density at radius 2 is 2.24 bits per heavy atom. The third kappa shape index (κ3) is 5.67. The Bertz CT molecular complexity index is 531. The van der Waals surface area contributed by atoms with Crippen molar-refractivity contribution in [2.24, 2.45) is 0 Å². The van der Waals surface area contributed by atoms with E-state index in [0.29, 0.717) is 18.1 Å². The first kappa shape index (κ1) is 19.9. The molecule has 5 nitrogen and oxygen atoms in total. The molecule has 8 heteroatoms. The van der Waals surface area contributed by atoms with Crippen molar-refractivity contribution in [3.63, 3.8) is 0 Å². The maximum Gasteiger partial charge on any atom is 0.236 e. The average Bonchev–Trinajstić information content (AvgIpc) is 3.05. The molecule has 21 heavy (non-hydrogen) atoms. The Balaban J connectivity index is 0.00000200. The van der Waals surface area contributed by atoms with Crippen LogP contribution < -0.4 is 5.32 Å². The summed E-state index contributed by atoms with van der Waals surface area (Å²) in [5.41, 5.74) is 0.671. The standard InChI is InChI=1S/C13H17N3O2S.2ClH/c1-14-5-6-16(2)12(17)8-10-9-18-13(15-10)11-4-3-7-19-11;;/h3-4,7,9,14H,5-6,8H2,1-2H3;2*1H. The number of oxazole rings is 1. The Morgan fingerprint density at radius 3 is 2.86 bits per heavy atom. The van der Waals surface area contributed by atoms with Crippen LogP contribution in [0, 0.1) is 0 Å². The summed E-state index contributed by atoms with van der Waals surface area (Å²) in [5.74, 6) is 0.622. The van der Waals surface area contributed by atoms with Crippen molar-refractivity contribution in [3.05, 3.63) is 29.5 Å². The fourth-order valence-corrected chi connectivity index (χ4v) is 2.25. The number of aromatic nitrogens is 1. The minimum atomic E-state index is 0. The zero-order valence-corrected chi connectivity index (χ0v) is 14.3. The van der Waals surface area contributed by atoms with Crippen molar-refractivity contribution >= 4 is 42.1 Å². The van der Waals surface area contributed by atoms with Gasteiger partial charge in [0.2, 0.25) is 11.8 Å². The molecule has 2 heterocycles. The molecule has 0 atom stereocenters. The van der Waals surface area contributed by atoms with Crippen molar-refractivity contribution in [2.75, 3.05) is 27.2 Å². The number of carbonyl (C=O) groups is 1. The lowest BCUT2D eigenvalue weighted by atomic mass is 10.3. The van der Waals surface area contributed by atoms with Gasteiger partial charge in [-0.1, -0.05) is 6.07 Å². The van der Waals surface area contributed by atoms with Gasteiger partial charge in [-0.05, 0) is 18.5 Å². The van der Waals surface area contributed by atoms with Gasteiger partial charge in [0.15, 0.2) is 0 Å². The summed E-state index contributed by atoms with van der Waals surface area (Å²) < 4.78 is 5.39. The average molecular weight is 352 g/mol. The van der Waals surface area contributed by atoms with Gasteiger partial charge in [-0.2, -0.15) is 0 Å². The zero-order valence-electron chi connectivity index (χ0n) is 11.9. The zero-order chi connectivity index (χ0) is 13.7. The molecule has 0 unspecified atom stereocenters. The molecule has 0 spiro atoms. The molecule has 0 aliphatic heterocycles. The number of carbonyl (C=O) groups excluding carboxylic acids is 1. The summed E-state index contributed by atoms with van der Waals surface area (Å²) in [5, 5.41) is 4.98. The van der Waals surface area contributed by atoms with Crippen LogP contribution in [0.2, 0.25) is 0 Å². The number of likely N-dealkylation sites (N-methyl/N-ethyl adjacent to an activating group) is 2. The molecular formula is C13H19Cl2N3O2S.